The number of hydrogen-bond donors (Lipinski definition) is 4. The second-order valence-electron chi connectivity index (χ2n) is 12.6. The van der Waals surface area contributed by atoms with Crippen molar-refractivity contribution in [3.63, 3.8) is 0 Å². The summed E-state index contributed by atoms with van der Waals surface area (Å²) in [5.74, 6) is 8.02. The molecule has 5 N–H and O–H groups in total. The number of aromatic nitrogens is 2. The highest BCUT2D eigenvalue weighted by atomic mass is 16.5. The number of aliphatic hydroxyl groups excluding tert-OH is 2. The monoisotopic (exact) mass is 626 g/mol. The van der Waals surface area contributed by atoms with Gasteiger partial charge >= 0.3 is 0 Å². The van der Waals surface area contributed by atoms with Crippen LogP contribution in [0.3, 0.4) is 0 Å². The first kappa shape index (κ1) is 33.6. The lowest BCUT2D eigenvalue weighted by molar-refractivity contribution is -0.0602. The zero-order valence-corrected chi connectivity index (χ0v) is 26.8. The van der Waals surface area contributed by atoms with Crippen molar-refractivity contribution in [1.29, 1.82) is 0 Å². The van der Waals surface area contributed by atoms with E-state index >= 15 is 0 Å². The molecule has 2 aliphatic rings. The average molecular weight is 627 g/mol. The molecule has 8 heteroatoms. The van der Waals surface area contributed by atoms with Crippen LogP contribution in [0.2, 0.25) is 0 Å². The summed E-state index contributed by atoms with van der Waals surface area (Å²) >= 11 is 0. The van der Waals surface area contributed by atoms with Crippen LogP contribution in [-0.4, -0.2) is 52.3 Å². The standard InChI is InChI=1S/C38H48N3O5/c1-2-26-6-3-4-8-35(46-21-19-42)38-27(10-9-26)11-12-28(23-34(38)44)29-13-14-33(43)36(24-29)45-20-16-31(22-32-7-5-17-40-32)30-15-18-41-37(39)25-30/h5,7,11-15,17-18,24-28,31,34-35,38,42-44H,2-4,6,8,16,19-23H2,1H3,(H2,39,41)/q-1. The molecule has 46 heavy (non-hydrogen) atoms. The number of phenols is 1. The predicted octanol–water partition coefficient (Wildman–Crippen LogP) is 5.74. The van der Waals surface area contributed by atoms with Crippen LogP contribution in [0.4, 0.5) is 5.82 Å². The van der Waals surface area contributed by atoms with Crippen LogP contribution in [0.1, 0.15) is 80.5 Å². The van der Waals surface area contributed by atoms with Gasteiger partial charge in [0.1, 0.15) is 5.82 Å². The van der Waals surface area contributed by atoms with Crippen LogP contribution in [0, 0.1) is 29.6 Å². The SMILES string of the molecule is CCC1C#CC2C=CC(c3ccc(O)c(OCCC(Cc4ccc[n-]4)c4ccnc(N)c4)c3)CC(O)C2C(OCCO)CCCC1. The van der Waals surface area contributed by atoms with Crippen molar-refractivity contribution in [2.45, 2.75) is 82.3 Å². The number of nitrogens with two attached hydrogens (primary N) is 1. The van der Waals surface area contributed by atoms with E-state index in [0.717, 1.165) is 55.3 Å². The summed E-state index contributed by atoms with van der Waals surface area (Å²) < 4.78 is 12.3. The van der Waals surface area contributed by atoms with Gasteiger partial charge in [0.2, 0.25) is 0 Å². The Balaban J connectivity index is 1.33. The Hall–Kier alpha value is -3.77. The van der Waals surface area contributed by atoms with Crippen LogP contribution < -0.4 is 15.5 Å². The topological polar surface area (TPSA) is 132 Å². The lowest BCUT2D eigenvalue weighted by Crippen LogP contribution is -2.39. The summed E-state index contributed by atoms with van der Waals surface area (Å²) in [4.78, 5) is 8.59. The smallest absolute Gasteiger partial charge is 0.161 e. The van der Waals surface area contributed by atoms with Gasteiger partial charge in [-0.2, -0.15) is 11.9 Å². The third kappa shape index (κ3) is 8.94. The van der Waals surface area contributed by atoms with Crippen LogP contribution in [0.25, 0.3) is 0 Å². The number of aromatic hydroxyl groups is 1. The first-order chi connectivity index (χ1) is 22.4. The molecule has 0 saturated heterocycles. The number of ether oxygens (including phenoxy) is 2. The van der Waals surface area contributed by atoms with Crippen LogP contribution in [0.15, 0.2) is 67.0 Å². The zero-order chi connectivity index (χ0) is 32.3. The van der Waals surface area contributed by atoms with E-state index in [9.17, 15) is 15.3 Å². The van der Waals surface area contributed by atoms with E-state index < -0.39 is 6.10 Å². The Bertz CT molecular complexity index is 1460. The quantitative estimate of drug-likeness (QED) is 0.148. The molecular weight excluding hydrogens is 578 g/mol. The Labute approximate surface area is 273 Å². The normalized spacial score (nSPS) is 25.5. The van der Waals surface area contributed by atoms with Gasteiger partial charge in [-0.25, -0.2) is 4.98 Å². The lowest BCUT2D eigenvalue weighted by atomic mass is 9.79. The van der Waals surface area contributed by atoms with Crippen molar-refractivity contribution in [1.82, 2.24) is 9.97 Å². The Morgan fingerprint density at radius 2 is 1.96 bits per heavy atom. The number of hydrogen-bond acceptors (Lipinski definition) is 7. The molecule has 5 rings (SSSR count). The molecule has 0 fully saturated rings. The van der Waals surface area contributed by atoms with E-state index in [1.165, 1.54) is 0 Å². The van der Waals surface area contributed by atoms with Crippen molar-refractivity contribution in [3.8, 4) is 23.3 Å². The minimum atomic E-state index is -0.654. The number of rotatable bonds is 12. The Morgan fingerprint density at radius 1 is 1.09 bits per heavy atom. The third-order valence-corrected chi connectivity index (χ3v) is 9.48. The number of aliphatic hydroxyl groups is 2. The maximum Gasteiger partial charge on any atom is 0.161 e. The summed E-state index contributed by atoms with van der Waals surface area (Å²) in [5, 5.41) is 31.9. The van der Waals surface area contributed by atoms with Crippen LogP contribution in [0.5, 0.6) is 11.5 Å². The fraction of sp³-hybridized carbons (Fsp3) is 0.500. The fourth-order valence-electron chi connectivity index (χ4n) is 6.91. The number of allylic oxidation sites excluding steroid dienone is 2. The highest BCUT2D eigenvalue weighted by Crippen LogP contribution is 2.39. The molecule has 2 heterocycles. The molecule has 0 saturated carbocycles. The van der Waals surface area contributed by atoms with E-state index in [1.54, 1.807) is 18.5 Å². The molecule has 2 aromatic heterocycles. The van der Waals surface area contributed by atoms with E-state index in [4.69, 9.17) is 15.2 Å². The van der Waals surface area contributed by atoms with Gasteiger partial charge in [-0.15, -0.1) is 0 Å². The number of benzene rings is 1. The molecule has 1 aromatic carbocycles. The maximum absolute atomic E-state index is 11.7. The van der Waals surface area contributed by atoms with Crippen LogP contribution >= 0.6 is 0 Å². The van der Waals surface area contributed by atoms with Gasteiger partial charge in [0.25, 0.3) is 0 Å². The van der Waals surface area contributed by atoms with Gasteiger partial charge in [-0.1, -0.05) is 62.0 Å². The molecule has 3 aromatic rings. The van der Waals surface area contributed by atoms with Gasteiger partial charge in [0, 0.05) is 29.9 Å². The largest absolute Gasteiger partial charge is 0.668 e. The van der Waals surface area contributed by atoms with Gasteiger partial charge in [0.15, 0.2) is 11.5 Å². The second-order valence-corrected chi connectivity index (χ2v) is 12.6. The minimum Gasteiger partial charge on any atom is -0.668 e. The highest BCUT2D eigenvalue weighted by molar-refractivity contribution is 5.44. The Morgan fingerprint density at radius 3 is 2.74 bits per heavy atom. The molecule has 7 unspecified atom stereocenters. The molecule has 0 spiro atoms. The number of nitrogen functional groups attached to an aromatic ring is 1. The van der Waals surface area contributed by atoms with E-state index in [-0.39, 0.29) is 48.7 Å². The molecule has 8 nitrogen and oxygen atoms in total. The van der Waals surface area contributed by atoms with E-state index in [2.05, 4.69) is 40.9 Å². The molecule has 7 atom stereocenters. The number of nitrogens with zero attached hydrogens (tertiary/aromatic N) is 2. The summed E-state index contributed by atoms with van der Waals surface area (Å²) in [6, 6.07) is 13.3. The average Bonchev–Trinajstić information content (AvgIpc) is 3.52. The van der Waals surface area contributed by atoms with Crippen LogP contribution in [-0.2, 0) is 11.2 Å². The van der Waals surface area contributed by atoms with Gasteiger partial charge < -0.3 is 35.5 Å². The minimum absolute atomic E-state index is 0.0515. The first-order valence-electron chi connectivity index (χ1n) is 16.8. The van der Waals surface area contributed by atoms with Crippen molar-refractivity contribution in [2.75, 3.05) is 25.6 Å². The number of anilines is 1. The van der Waals surface area contributed by atoms with E-state index in [1.807, 2.05) is 36.4 Å². The Kier molecular flexibility index (Phi) is 12.2. The molecule has 2 aliphatic carbocycles. The summed E-state index contributed by atoms with van der Waals surface area (Å²) in [5.41, 5.74) is 9.02. The zero-order valence-electron chi connectivity index (χ0n) is 26.8. The van der Waals surface area contributed by atoms with E-state index in [0.29, 0.717) is 36.9 Å². The molecule has 0 radical (unpaired) electrons. The predicted molar refractivity (Wildman–Crippen MR) is 179 cm³/mol. The molecule has 0 bridgehead atoms. The van der Waals surface area contributed by atoms with Gasteiger partial charge in [-0.3, -0.25) is 0 Å². The van der Waals surface area contributed by atoms with Crippen molar-refractivity contribution in [2.24, 2.45) is 17.8 Å². The van der Waals surface area contributed by atoms with Gasteiger partial charge in [-0.05, 0) is 79.8 Å². The molecule has 0 aliphatic heterocycles. The number of fused-ring (bicyclic) bond motifs is 1. The molecular formula is C38H48N3O5-. The third-order valence-electron chi connectivity index (χ3n) is 9.48. The number of pyridine rings is 1. The molecule has 0 amide bonds. The van der Waals surface area contributed by atoms with Crippen molar-refractivity contribution >= 4 is 5.82 Å². The summed E-state index contributed by atoms with van der Waals surface area (Å²) in [6.07, 6.45) is 13.9. The lowest BCUT2D eigenvalue weighted by Gasteiger charge is -2.34. The summed E-state index contributed by atoms with van der Waals surface area (Å²) in [7, 11) is 0. The second kappa shape index (κ2) is 16.7. The van der Waals surface area contributed by atoms with Crippen molar-refractivity contribution in [3.05, 3.63) is 83.8 Å². The van der Waals surface area contributed by atoms with Gasteiger partial charge in [0.05, 0.1) is 32.0 Å². The fourth-order valence-corrected chi connectivity index (χ4v) is 6.91. The first-order valence-corrected chi connectivity index (χ1v) is 16.8. The summed E-state index contributed by atoms with van der Waals surface area (Å²) in [6.45, 7) is 2.76. The number of phenolic OH excluding ortho intramolecular Hbond substituents is 1. The molecule has 246 valence electrons. The highest BCUT2D eigenvalue weighted by Gasteiger charge is 2.37. The maximum atomic E-state index is 11.7. The van der Waals surface area contributed by atoms with Crippen molar-refractivity contribution < 1.29 is 24.8 Å².